The quantitative estimate of drug-likeness (QED) is 0.537. The minimum absolute atomic E-state index is 0.104. The predicted octanol–water partition coefficient (Wildman–Crippen LogP) is 4.72. The van der Waals surface area contributed by atoms with Crippen molar-refractivity contribution in [1.82, 2.24) is 15.5 Å². The van der Waals surface area contributed by atoms with E-state index in [0.717, 1.165) is 42.4 Å². The molecule has 1 aromatic carbocycles. The van der Waals surface area contributed by atoms with Crippen LogP contribution in [-0.2, 0) is 14.3 Å². The molecule has 7 heteroatoms. The van der Waals surface area contributed by atoms with Gasteiger partial charge in [0.25, 0.3) is 0 Å². The van der Waals surface area contributed by atoms with Gasteiger partial charge in [-0.3, -0.25) is 9.59 Å². The number of rotatable bonds is 8. The highest BCUT2D eigenvalue weighted by Crippen LogP contribution is 2.28. The lowest BCUT2D eigenvalue weighted by Gasteiger charge is -2.35. The summed E-state index contributed by atoms with van der Waals surface area (Å²) in [6.07, 6.45) is 6.17. The van der Waals surface area contributed by atoms with Crippen LogP contribution >= 0.6 is 0 Å². The van der Waals surface area contributed by atoms with Crippen LogP contribution in [0.4, 0.5) is 4.79 Å². The molecule has 1 aromatic rings. The first-order chi connectivity index (χ1) is 15.9. The maximum Gasteiger partial charge on any atom is 0.408 e. The fourth-order valence-electron chi connectivity index (χ4n) is 4.30. The lowest BCUT2D eigenvalue weighted by Crippen LogP contribution is -2.53. The second kappa shape index (κ2) is 12.0. The van der Waals surface area contributed by atoms with E-state index in [1.54, 1.807) is 33.8 Å². The highest BCUT2D eigenvalue weighted by atomic mass is 16.6. The van der Waals surface area contributed by atoms with E-state index in [0.29, 0.717) is 0 Å². The first kappa shape index (κ1) is 27.4. The molecule has 7 nitrogen and oxygen atoms in total. The van der Waals surface area contributed by atoms with Crippen LogP contribution in [0.25, 0.3) is 0 Å². The van der Waals surface area contributed by atoms with Gasteiger partial charge >= 0.3 is 6.09 Å². The maximum atomic E-state index is 13.7. The minimum Gasteiger partial charge on any atom is -0.444 e. The molecule has 2 N–H and O–H groups in total. The van der Waals surface area contributed by atoms with Crippen LogP contribution < -0.4 is 10.6 Å². The van der Waals surface area contributed by atoms with Gasteiger partial charge in [0.2, 0.25) is 11.8 Å². The monoisotopic (exact) mass is 471 g/mol. The summed E-state index contributed by atoms with van der Waals surface area (Å²) in [5, 5.41) is 5.80. The third-order valence-electron chi connectivity index (χ3n) is 6.17. The molecule has 1 fully saturated rings. The molecule has 3 amide bonds. The van der Waals surface area contributed by atoms with Crippen molar-refractivity contribution in [2.45, 2.75) is 97.4 Å². The lowest BCUT2D eigenvalue weighted by atomic mass is 9.92. The fourth-order valence-corrected chi connectivity index (χ4v) is 4.30. The molecule has 188 valence electrons. The summed E-state index contributed by atoms with van der Waals surface area (Å²) in [6, 6.07) is 4.16. The molecule has 0 aromatic heterocycles. The molecule has 0 aliphatic heterocycles. The van der Waals surface area contributed by atoms with Gasteiger partial charge in [-0.15, -0.1) is 6.58 Å². The summed E-state index contributed by atoms with van der Waals surface area (Å²) in [7, 11) is 0. The van der Waals surface area contributed by atoms with Crippen LogP contribution in [0.1, 0.15) is 82.5 Å². The summed E-state index contributed by atoms with van der Waals surface area (Å²) >= 11 is 0. The van der Waals surface area contributed by atoms with E-state index in [9.17, 15) is 14.4 Å². The summed E-state index contributed by atoms with van der Waals surface area (Å²) < 4.78 is 5.31. The molecule has 0 bridgehead atoms. The first-order valence-corrected chi connectivity index (χ1v) is 12.2. The van der Waals surface area contributed by atoms with Crippen molar-refractivity contribution in [3.8, 4) is 0 Å². The number of nitrogens with zero attached hydrogens (tertiary/aromatic N) is 1. The number of amides is 3. The Kier molecular flexibility index (Phi) is 9.71. The van der Waals surface area contributed by atoms with Gasteiger partial charge in [0, 0.05) is 12.6 Å². The Hall–Kier alpha value is -2.83. The Morgan fingerprint density at radius 1 is 1.18 bits per heavy atom. The van der Waals surface area contributed by atoms with Gasteiger partial charge in [0.15, 0.2) is 0 Å². The maximum absolute atomic E-state index is 13.7. The molecule has 34 heavy (non-hydrogen) atoms. The molecule has 2 rings (SSSR count). The third kappa shape index (κ3) is 7.61. The van der Waals surface area contributed by atoms with Crippen LogP contribution in [0.5, 0.6) is 0 Å². The van der Waals surface area contributed by atoms with Gasteiger partial charge in [0.05, 0.1) is 0 Å². The van der Waals surface area contributed by atoms with E-state index < -0.39 is 23.8 Å². The molecular weight excluding hydrogens is 430 g/mol. The SMILES string of the molecule is C=CCN(C(=O)C(C)NC(=O)OC(C)(C)C)C(C(=O)NC1CCCCC1)c1cccc(C)c1C. The number of carbonyl (C=O) groups is 3. The van der Waals surface area contributed by atoms with Gasteiger partial charge < -0.3 is 20.3 Å². The van der Waals surface area contributed by atoms with E-state index in [1.807, 2.05) is 32.0 Å². The average molecular weight is 472 g/mol. The van der Waals surface area contributed by atoms with Gasteiger partial charge in [-0.25, -0.2) is 4.79 Å². The Labute approximate surface area is 204 Å². The number of alkyl carbamates (subject to hydrolysis) is 1. The second-order valence-electron chi connectivity index (χ2n) is 10.2. The van der Waals surface area contributed by atoms with E-state index in [2.05, 4.69) is 17.2 Å². The molecular formula is C27H41N3O4. The lowest BCUT2D eigenvalue weighted by molar-refractivity contribution is -0.141. The van der Waals surface area contributed by atoms with E-state index in [-0.39, 0.29) is 24.4 Å². The Morgan fingerprint density at radius 3 is 2.41 bits per heavy atom. The number of aryl methyl sites for hydroxylation is 1. The first-order valence-electron chi connectivity index (χ1n) is 12.2. The number of carbonyl (C=O) groups excluding carboxylic acids is 3. The number of nitrogens with one attached hydrogen (secondary N) is 2. The largest absolute Gasteiger partial charge is 0.444 e. The highest BCUT2D eigenvalue weighted by molar-refractivity contribution is 5.92. The normalized spacial score (nSPS) is 16.2. The number of ether oxygens (including phenoxy) is 1. The van der Waals surface area contributed by atoms with Gasteiger partial charge in [0.1, 0.15) is 17.7 Å². The van der Waals surface area contributed by atoms with E-state index >= 15 is 0 Å². The highest BCUT2D eigenvalue weighted by Gasteiger charge is 2.36. The smallest absolute Gasteiger partial charge is 0.408 e. The third-order valence-corrected chi connectivity index (χ3v) is 6.17. The molecule has 1 saturated carbocycles. The van der Waals surface area contributed by atoms with Crippen LogP contribution in [0, 0.1) is 13.8 Å². The van der Waals surface area contributed by atoms with Crippen molar-refractivity contribution in [2.24, 2.45) is 0 Å². The van der Waals surface area contributed by atoms with Crippen LogP contribution in [0.3, 0.4) is 0 Å². The molecule has 2 unspecified atom stereocenters. The fraction of sp³-hybridized carbons (Fsp3) is 0.593. The zero-order valence-electron chi connectivity index (χ0n) is 21.6. The molecule has 0 spiro atoms. The van der Waals surface area contributed by atoms with Crippen LogP contribution in [0.15, 0.2) is 30.9 Å². The minimum atomic E-state index is -0.884. The average Bonchev–Trinajstić information content (AvgIpc) is 2.75. The topological polar surface area (TPSA) is 87.7 Å². The van der Waals surface area contributed by atoms with Crippen molar-refractivity contribution in [3.63, 3.8) is 0 Å². The van der Waals surface area contributed by atoms with Crippen molar-refractivity contribution >= 4 is 17.9 Å². The molecule has 0 radical (unpaired) electrons. The number of hydrogen-bond donors (Lipinski definition) is 2. The zero-order valence-corrected chi connectivity index (χ0v) is 21.6. The Morgan fingerprint density at radius 2 is 1.82 bits per heavy atom. The van der Waals surface area contributed by atoms with Crippen LogP contribution in [0.2, 0.25) is 0 Å². The predicted molar refractivity (Wildman–Crippen MR) is 134 cm³/mol. The van der Waals surface area contributed by atoms with E-state index in [4.69, 9.17) is 4.74 Å². The van der Waals surface area contributed by atoms with Gasteiger partial charge in [-0.05, 0) is 71.1 Å². The van der Waals surface area contributed by atoms with Crippen molar-refractivity contribution in [3.05, 3.63) is 47.5 Å². The summed E-state index contributed by atoms with van der Waals surface area (Å²) in [5.74, 6) is -0.587. The van der Waals surface area contributed by atoms with Gasteiger partial charge in [-0.1, -0.05) is 43.5 Å². The van der Waals surface area contributed by atoms with Crippen LogP contribution in [-0.4, -0.2) is 47.0 Å². The number of benzene rings is 1. The summed E-state index contributed by atoms with van der Waals surface area (Å²) in [4.78, 5) is 41.0. The molecule has 1 aliphatic rings. The number of hydrogen-bond acceptors (Lipinski definition) is 4. The Balaban J connectivity index is 2.37. The molecule has 1 aliphatic carbocycles. The standard InChI is InChI=1S/C27H41N3O4/c1-8-17-30(25(32)20(4)28-26(33)34-27(5,6)7)23(22-16-12-13-18(2)19(22)3)24(31)29-21-14-10-9-11-15-21/h8,12-13,16,20-21,23H,1,9-11,14-15,17H2,2-7H3,(H,28,33)(H,29,31). The van der Waals surface area contributed by atoms with Crippen molar-refractivity contribution in [1.29, 1.82) is 0 Å². The second-order valence-corrected chi connectivity index (χ2v) is 10.2. The molecule has 0 heterocycles. The van der Waals surface area contributed by atoms with Crippen molar-refractivity contribution < 1.29 is 19.1 Å². The summed E-state index contributed by atoms with van der Waals surface area (Å²) in [6.45, 7) is 14.8. The van der Waals surface area contributed by atoms with Crippen molar-refractivity contribution in [2.75, 3.05) is 6.54 Å². The summed E-state index contributed by atoms with van der Waals surface area (Å²) in [5.41, 5.74) is 2.09. The molecule has 2 atom stereocenters. The zero-order chi connectivity index (χ0) is 25.5. The molecule has 0 saturated heterocycles. The Bertz CT molecular complexity index is 884. The van der Waals surface area contributed by atoms with Gasteiger partial charge in [-0.2, -0.15) is 0 Å². The van der Waals surface area contributed by atoms with E-state index in [1.165, 1.54) is 11.3 Å².